The van der Waals surface area contributed by atoms with Crippen LogP contribution in [0.2, 0.25) is 0 Å². The van der Waals surface area contributed by atoms with Crippen LogP contribution in [0.25, 0.3) is 10.8 Å². The van der Waals surface area contributed by atoms with E-state index in [2.05, 4.69) is 5.32 Å². The summed E-state index contributed by atoms with van der Waals surface area (Å²) < 4.78 is 5.74. The summed E-state index contributed by atoms with van der Waals surface area (Å²) in [7, 11) is 0. The highest BCUT2D eigenvalue weighted by molar-refractivity contribution is 6.09. The van der Waals surface area contributed by atoms with Gasteiger partial charge in [0.15, 0.2) is 0 Å². The molecule has 0 atom stereocenters. The molecule has 0 spiro atoms. The molecule has 0 aliphatic heterocycles. The summed E-state index contributed by atoms with van der Waals surface area (Å²) in [6, 6.07) is 31.1. The molecule has 27 heavy (non-hydrogen) atoms. The van der Waals surface area contributed by atoms with Crippen LogP contribution in [0.15, 0.2) is 97.1 Å². The number of amides is 1. The van der Waals surface area contributed by atoms with Crippen molar-refractivity contribution in [3.05, 3.63) is 108 Å². The number of rotatable bonds is 5. The van der Waals surface area contributed by atoms with Crippen molar-refractivity contribution in [3.8, 4) is 5.75 Å². The lowest BCUT2D eigenvalue weighted by atomic mass is 10.1. The molecule has 0 saturated heterocycles. The Labute approximate surface area is 158 Å². The van der Waals surface area contributed by atoms with Crippen LogP contribution in [-0.4, -0.2) is 5.91 Å². The number of carbonyl (C=O) groups excluding carboxylic acids is 1. The molecule has 132 valence electrons. The third-order valence-corrected chi connectivity index (χ3v) is 4.40. The Bertz CT molecular complexity index is 1050. The van der Waals surface area contributed by atoms with Gasteiger partial charge in [-0.2, -0.15) is 0 Å². The van der Waals surface area contributed by atoms with E-state index in [0.717, 1.165) is 27.8 Å². The van der Waals surface area contributed by atoms with Crippen molar-refractivity contribution in [1.82, 2.24) is 0 Å². The fourth-order valence-corrected chi connectivity index (χ4v) is 2.96. The second-order valence-corrected chi connectivity index (χ2v) is 6.28. The zero-order valence-corrected chi connectivity index (χ0v) is 14.8. The number of ether oxygens (including phenoxy) is 1. The summed E-state index contributed by atoms with van der Waals surface area (Å²) in [6.45, 7) is 0.467. The third kappa shape index (κ3) is 3.98. The molecular weight excluding hydrogens is 334 g/mol. The van der Waals surface area contributed by atoms with Gasteiger partial charge in [-0.05, 0) is 41.3 Å². The van der Waals surface area contributed by atoms with Gasteiger partial charge in [0.1, 0.15) is 12.4 Å². The maximum absolute atomic E-state index is 12.6. The standard InChI is InChI=1S/C24H19NO2/c26-24(25-23-12-6-8-19-7-4-5-11-22(19)23)20-15-13-18(14-16-20)17-27-21-9-2-1-3-10-21/h1-16H,17H2,(H,25,26). The summed E-state index contributed by atoms with van der Waals surface area (Å²) in [5.41, 5.74) is 2.45. The molecule has 0 heterocycles. The molecule has 0 fully saturated rings. The Kier molecular flexibility index (Phi) is 4.84. The van der Waals surface area contributed by atoms with E-state index in [1.807, 2.05) is 97.1 Å². The zero-order valence-electron chi connectivity index (χ0n) is 14.8. The van der Waals surface area contributed by atoms with Crippen LogP contribution in [0.4, 0.5) is 5.69 Å². The van der Waals surface area contributed by atoms with E-state index >= 15 is 0 Å². The molecule has 4 aromatic carbocycles. The maximum Gasteiger partial charge on any atom is 0.255 e. The van der Waals surface area contributed by atoms with Gasteiger partial charge in [-0.15, -0.1) is 0 Å². The minimum Gasteiger partial charge on any atom is -0.489 e. The van der Waals surface area contributed by atoms with Crippen LogP contribution in [0.3, 0.4) is 0 Å². The number of nitrogens with one attached hydrogen (secondary N) is 1. The first-order valence-electron chi connectivity index (χ1n) is 8.85. The number of benzene rings is 4. The summed E-state index contributed by atoms with van der Waals surface area (Å²) in [5, 5.41) is 5.14. The minimum absolute atomic E-state index is 0.123. The van der Waals surface area contributed by atoms with Crippen LogP contribution < -0.4 is 10.1 Å². The fraction of sp³-hybridized carbons (Fsp3) is 0.0417. The van der Waals surface area contributed by atoms with Crippen LogP contribution in [0, 0.1) is 0 Å². The SMILES string of the molecule is O=C(Nc1cccc2ccccc12)c1ccc(COc2ccccc2)cc1. The lowest BCUT2D eigenvalue weighted by Crippen LogP contribution is -2.12. The van der Waals surface area contributed by atoms with Gasteiger partial charge in [-0.3, -0.25) is 4.79 Å². The van der Waals surface area contributed by atoms with Crippen LogP contribution >= 0.6 is 0 Å². The topological polar surface area (TPSA) is 38.3 Å². The van der Waals surface area contributed by atoms with E-state index in [4.69, 9.17) is 4.74 Å². The van der Waals surface area contributed by atoms with Crippen molar-refractivity contribution in [2.75, 3.05) is 5.32 Å². The van der Waals surface area contributed by atoms with E-state index in [1.165, 1.54) is 0 Å². The third-order valence-electron chi connectivity index (χ3n) is 4.40. The van der Waals surface area contributed by atoms with Crippen LogP contribution in [0.5, 0.6) is 5.75 Å². The number of anilines is 1. The first kappa shape index (κ1) is 16.9. The summed E-state index contributed by atoms with van der Waals surface area (Å²) in [5.74, 6) is 0.706. The number of hydrogen-bond acceptors (Lipinski definition) is 2. The molecule has 1 amide bonds. The van der Waals surface area contributed by atoms with Crippen molar-refractivity contribution in [2.45, 2.75) is 6.61 Å². The molecule has 0 radical (unpaired) electrons. The Morgan fingerprint density at radius 1 is 0.741 bits per heavy atom. The van der Waals surface area contributed by atoms with E-state index in [-0.39, 0.29) is 5.91 Å². The summed E-state index contributed by atoms with van der Waals surface area (Å²) in [4.78, 5) is 12.6. The smallest absolute Gasteiger partial charge is 0.255 e. The van der Waals surface area contributed by atoms with Crippen molar-refractivity contribution < 1.29 is 9.53 Å². The van der Waals surface area contributed by atoms with Crippen molar-refractivity contribution >= 4 is 22.4 Å². The first-order valence-corrected chi connectivity index (χ1v) is 8.85. The molecule has 0 bridgehead atoms. The minimum atomic E-state index is -0.123. The lowest BCUT2D eigenvalue weighted by molar-refractivity contribution is 0.102. The highest BCUT2D eigenvalue weighted by Gasteiger charge is 2.08. The summed E-state index contributed by atoms with van der Waals surface area (Å²) in [6.07, 6.45) is 0. The Balaban J connectivity index is 1.44. The van der Waals surface area contributed by atoms with Crippen LogP contribution in [0.1, 0.15) is 15.9 Å². The van der Waals surface area contributed by atoms with E-state index in [1.54, 1.807) is 0 Å². The molecule has 0 unspecified atom stereocenters. The van der Waals surface area contributed by atoms with E-state index in [9.17, 15) is 4.79 Å². The molecule has 3 heteroatoms. The average molecular weight is 353 g/mol. The van der Waals surface area contributed by atoms with Crippen molar-refractivity contribution in [1.29, 1.82) is 0 Å². The molecular formula is C24H19NO2. The highest BCUT2D eigenvalue weighted by atomic mass is 16.5. The zero-order chi connectivity index (χ0) is 18.5. The molecule has 0 aliphatic carbocycles. The molecule has 0 aromatic heterocycles. The van der Waals surface area contributed by atoms with Gasteiger partial charge in [0.05, 0.1) is 0 Å². The Morgan fingerprint density at radius 2 is 1.44 bits per heavy atom. The van der Waals surface area contributed by atoms with Gasteiger partial charge in [-0.25, -0.2) is 0 Å². The second-order valence-electron chi connectivity index (χ2n) is 6.28. The molecule has 4 aromatic rings. The fourth-order valence-electron chi connectivity index (χ4n) is 2.96. The molecule has 0 aliphatic rings. The van der Waals surface area contributed by atoms with Gasteiger partial charge in [0, 0.05) is 16.6 Å². The van der Waals surface area contributed by atoms with E-state index < -0.39 is 0 Å². The average Bonchev–Trinajstić information content (AvgIpc) is 2.74. The van der Waals surface area contributed by atoms with Gasteiger partial charge in [0.2, 0.25) is 0 Å². The Morgan fingerprint density at radius 3 is 2.26 bits per heavy atom. The van der Waals surface area contributed by atoms with Crippen LogP contribution in [-0.2, 0) is 6.61 Å². The molecule has 1 N–H and O–H groups in total. The second kappa shape index (κ2) is 7.75. The van der Waals surface area contributed by atoms with Gasteiger partial charge < -0.3 is 10.1 Å². The lowest BCUT2D eigenvalue weighted by Gasteiger charge is -2.10. The number of carbonyl (C=O) groups is 1. The number of para-hydroxylation sites is 1. The highest BCUT2D eigenvalue weighted by Crippen LogP contribution is 2.23. The summed E-state index contributed by atoms with van der Waals surface area (Å²) >= 11 is 0. The predicted molar refractivity (Wildman–Crippen MR) is 109 cm³/mol. The van der Waals surface area contributed by atoms with Crippen molar-refractivity contribution in [2.24, 2.45) is 0 Å². The monoisotopic (exact) mass is 353 g/mol. The molecule has 3 nitrogen and oxygen atoms in total. The molecule has 0 saturated carbocycles. The Hall–Kier alpha value is -3.59. The largest absolute Gasteiger partial charge is 0.489 e. The normalized spacial score (nSPS) is 10.5. The molecule has 4 rings (SSSR count). The van der Waals surface area contributed by atoms with Gasteiger partial charge >= 0.3 is 0 Å². The first-order chi connectivity index (χ1) is 13.3. The number of fused-ring (bicyclic) bond motifs is 1. The van der Waals surface area contributed by atoms with E-state index in [0.29, 0.717) is 12.2 Å². The van der Waals surface area contributed by atoms with Gasteiger partial charge in [0.25, 0.3) is 5.91 Å². The van der Waals surface area contributed by atoms with Gasteiger partial charge in [-0.1, -0.05) is 66.7 Å². The predicted octanol–water partition coefficient (Wildman–Crippen LogP) is 5.67. The quantitative estimate of drug-likeness (QED) is 0.502. The maximum atomic E-state index is 12.6. The number of hydrogen-bond donors (Lipinski definition) is 1. The van der Waals surface area contributed by atoms with Crippen molar-refractivity contribution in [3.63, 3.8) is 0 Å².